The lowest BCUT2D eigenvalue weighted by molar-refractivity contribution is -0.0605. The summed E-state index contributed by atoms with van der Waals surface area (Å²) in [4.78, 5) is 0. The van der Waals surface area contributed by atoms with Gasteiger partial charge in [-0.25, -0.2) is 17.6 Å². The molecule has 1 saturated heterocycles. The summed E-state index contributed by atoms with van der Waals surface area (Å²) >= 11 is 0. The van der Waals surface area contributed by atoms with Crippen LogP contribution in [0.15, 0.2) is 18.2 Å². The first-order valence-corrected chi connectivity index (χ1v) is 5.06. The fourth-order valence-corrected chi connectivity index (χ4v) is 1.94. The second kappa shape index (κ2) is 4.05. The van der Waals surface area contributed by atoms with Crippen molar-refractivity contribution >= 4 is 0 Å². The molecule has 5 heteroatoms. The normalized spacial score (nSPS) is 21.4. The van der Waals surface area contributed by atoms with Crippen molar-refractivity contribution in [2.75, 3.05) is 13.1 Å². The Morgan fingerprint density at radius 3 is 2.56 bits per heavy atom. The molecule has 0 amide bonds. The number of halogens is 4. The van der Waals surface area contributed by atoms with Crippen LogP contribution in [0, 0.1) is 17.6 Å². The highest BCUT2D eigenvalue weighted by Gasteiger charge is 2.44. The van der Waals surface area contributed by atoms with Crippen LogP contribution in [0.5, 0.6) is 0 Å². The Kier molecular flexibility index (Phi) is 2.88. The van der Waals surface area contributed by atoms with Crippen LogP contribution in [-0.2, 0) is 5.92 Å². The average molecular weight is 233 g/mol. The number of alkyl halides is 2. The molecule has 1 heterocycles. The molecule has 1 aliphatic rings. The molecular weight excluding hydrogens is 222 g/mol. The Morgan fingerprint density at radius 1 is 1.25 bits per heavy atom. The molecular formula is C11H11F4N. The van der Waals surface area contributed by atoms with Crippen molar-refractivity contribution in [3.8, 4) is 0 Å². The third kappa shape index (κ3) is 1.91. The number of hydrogen-bond donors (Lipinski definition) is 1. The molecule has 1 unspecified atom stereocenters. The van der Waals surface area contributed by atoms with Gasteiger partial charge in [0.05, 0.1) is 5.56 Å². The van der Waals surface area contributed by atoms with E-state index >= 15 is 0 Å². The highest BCUT2D eigenvalue weighted by Crippen LogP contribution is 2.40. The third-order valence-corrected chi connectivity index (χ3v) is 2.86. The molecule has 1 fully saturated rings. The summed E-state index contributed by atoms with van der Waals surface area (Å²) in [5.74, 6) is -6.20. The fraction of sp³-hybridized carbons (Fsp3) is 0.455. The summed E-state index contributed by atoms with van der Waals surface area (Å²) in [5.41, 5.74) is -0.720. The van der Waals surface area contributed by atoms with Gasteiger partial charge < -0.3 is 5.32 Å². The highest BCUT2D eigenvalue weighted by atomic mass is 19.3. The van der Waals surface area contributed by atoms with Crippen molar-refractivity contribution in [3.63, 3.8) is 0 Å². The van der Waals surface area contributed by atoms with Gasteiger partial charge in [-0.1, -0.05) is 0 Å². The van der Waals surface area contributed by atoms with E-state index in [0.717, 1.165) is 12.1 Å². The molecule has 0 radical (unpaired) electrons. The zero-order valence-electron chi connectivity index (χ0n) is 8.44. The van der Waals surface area contributed by atoms with Crippen LogP contribution in [0.3, 0.4) is 0 Å². The van der Waals surface area contributed by atoms with Crippen molar-refractivity contribution in [2.45, 2.75) is 12.3 Å². The van der Waals surface area contributed by atoms with E-state index in [2.05, 4.69) is 5.32 Å². The Morgan fingerprint density at radius 2 is 2.00 bits per heavy atom. The van der Waals surface area contributed by atoms with Crippen LogP contribution in [-0.4, -0.2) is 13.1 Å². The van der Waals surface area contributed by atoms with Gasteiger partial charge in [0.15, 0.2) is 0 Å². The second-order valence-electron chi connectivity index (χ2n) is 3.94. The van der Waals surface area contributed by atoms with Crippen LogP contribution in [0.2, 0.25) is 0 Å². The smallest absolute Gasteiger partial charge is 0.280 e. The van der Waals surface area contributed by atoms with E-state index in [0.29, 0.717) is 19.0 Å². The van der Waals surface area contributed by atoms with Crippen molar-refractivity contribution in [3.05, 3.63) is 35.4 Å². The lowest BCUT2D eigenvalue weighted by Gasteiger charge is -2.23. The molecule has 0 aromatic heterocycles. The Hall–Kier alpha value is -1.10. The van der Waals surface area contributed by atoms with Crippen molar-refractivity contribution < 1.29 is 17.6 Å². The van der Waals surface area contributed by atoms with Crippen LogP contribution in [0.4, 0.5) is 17.6 Å². The minimum Gasteiger partial charge on any atom is -0.316 e. The number of rotatable bonds is 2. The van der Waals surface area contributed by atoms with E-state index in [1.807, 2.05) is 0 Å². The third-order valence-electron chi connectivity index (χ3n) is 2.86. The van der Waals surface area contributed by atoms with E-state index in [9.17, 15) is 17.6 Å². The predicted octanol–water partition coefficient (Wildman–Crippen LogP) is 2.67. The summed E-state index contributed by atoms with van der Waals surface area (Å²) in [6, 6.07) is 2.17. The van der Waals surface area contributed by atoms with Crippen LogP contribution < -0.4 is 5.32 Å². The van der Waals surface area contributed by atoms with Gasteiger partial charge in [-0.05, 0) is 25.1 Å². The number of hydrogen-bond acceptors (Lipinski definition) is 1. The Balaban J connectivity index is 2.34. The minimum atomic E-state index is -3.25. The van der Waals surface area contributed by atoms with Crippen LogP contribution in [0.25, 0.3) is 0 Å². The molecule has 0 bridgehead atoms. The summed E-state index contributed by atoms with van der Waals surface area (Å²) in [7, 11) is 0. The lowest BCUT2D eigenvalue weighted by atomic mass is 9.93. The monoisotopic (exact) mass is 233 g/mol. The summed E-state index contributed by atoms with van der Waals surface area (Å²) in [6.45, 7) is 0.660. The SMILES string of the molecule is Fc1ccc(C(F)(F)C2CCNC2)c(F)c1. The summed E-state index contributed by atoms with van der Waals surface area (Å²) < 4.78 is 53.6. The van der Waals surface area contributed by atoms with Gasteiger partial charge in [-0.15, -0.1) is 0 Å². The van der Waals surface area contributed by atoms with Gasteiger partial charge >= 0.3 is 0 Å². The predicted molar refractivity (Wildman–Crippen MR) is 51.2 cm³/mol. The molecule has 1 aliphatic heterocycles. The zero-order chi connectivity index (χ0) is 11.8. The van der Waals surface area contributed by atoms with Crippen molar-refractivity contribution in [1.29, 1.82) is 0 Å². The zero-order valence-corrected chi connectivity index (χ0v) is 8.44. The molecule has 0 spiro atoms. The maximum absolute atomic E-state index is 13.9. The molecule has 0 aliphatic carbocycles. The lowest BCUT2D eigenvalue weighted by Crippen LogP contribution is -2.28. The largest absolute Gasteiger partial charge is 0.316 e. The molecule has 1 N–H and O–H groups in total. The Bertz CT molecular complexity index is 386. The van der Waals surface area contributed by atoms with E-state index < -0.39 is 29.0 Å². The number of benzene rings is 1. The first-order valence-electron chi connectivity index (χ1n) is 5.06. The van der Waals surface area contributed by atoms with Crippen molar-refractivity contribution in [2.24, 2.45) is 5.92 Å². The maximum atomic E-state index is 13.9. The van der Waals surface area contributed by atoms with Gasteiger partial charge in [0.1, 0.15) is 11.6 Å². The molecule has 1 aromatic rings. The van der Waals surface area contributed by atoms with Gasteiger partial charge in [0.2, 0.25) is 0 Å². The van der Waals surface area contributed by atoms with Crippen molar-refractivity contribution in [1.82, 2.24) is 5.32 Å². The molecule has 2 rings (SSSR count). The standard InChI is InChI=1S/C11H11F4N/c12-8-1-2-9(10(13)5-8)11(14,15)7-3-4-16-6-7/h1-2,5,7,16H,3-4,6H2. The van der Waals surface area contributed by atoms with Gasteiger partial charge in [-0.2, -0.15) is 0 Å². The Labute approximate surface area is 90.5 Å². The van der Waals surface area contributed by atoms with Gasteiger partial charge in [-0.3, -0.25) is 0 Å². The summed E-state index contributed by atoms with van der Waals surface area (Å²) in [6.07, 6.45) is 0.295. The van der Waals surface area contributed by atoms with Gasteiger partial charge in [0, 0.05) is 18.5 Å². The molecule has 16 heavy (non-hydrogen) atoms. The first-order chi connectivity index (χ1) is 7.51. The van der Waals surface area contributed by atoms with Gasteiger partial charge in [0.25, 0.3) is 5.92 Å². The quantitative estimate of drug-likeness (QED) is 0.774. The van der Waals surface area contributed by atoms with E-state index in [1.54, 1.807) is 0 Å². The molecule has 1 nitrogen and oxygen atoms in total. The van der Waals surface area contributed by atoms with Crippen LogP contribution in [0.1, 0.15) is 12.0 Å². The summed E-state index contributed by atoms with van der Waals surface area (Å²) in [5, 5.41) is 2.80. The van der Waals surface area contributed by atoms with E-state index in [4.69, 9.17) is 0 Å². The highest BCUT2D eigenvalue weighted by molar-refractivity contribution is 5.24. The van der Waals surface area contributed by atoms with E-state index in [-0.39, 0.29) is 6.54 Å². The topological polar surface area (TPSA) is 12.0 Å². The van der Waals surface area contributed by atoms with E-state index in [1.165, 1.54) is 0 Å². The van der Waals surface area contributed by atoms with Crippen LogP contribution >= 0.6 is 0 Å². The number of nitrogens with one attached hydrogen (secondary N) is 1. The second-order valence-corrected chi connectivity index (χ2v) is 3.94. The maximum Gasteiger partial charge on any atom is 0.280 e. The molecule has 1 atom stereocenters. The average Bonchev–Trinajstić information content (AvgIpc) is 2.69. The minimum absolute atomic E-state index is 0.157. The molecule has 0 saturated carbocycles. The first kappa shape index (κ1) is 11.4. The fourth-order valence-electron chi connectivity index (χ4n) is 1.94. The molecule has 88 valence electrons. The molecule has 1 aromatic carbocycles.